The van der Waals surface area contributed by atoms with Crippen molar-refractivity contribution >= 4 is 16.9 Å². The van der Waals surface area contributed by atoms with Crippen LogP contribution in [0.1, 0.15) is 52.9 Å². The van der Waals surface area contributed by atoms with E-state index in [1.807, 2.05) is 11.8 Å². The third-order valence-corrected chi connectivity index (χ3v) is 4.65. The van der Waals surface area contributed by atoms with Crippen molar-refractivity contribution in [1.82, 2.24) is 5.32 Å². The Kier molecular flexibility index (Phi) is 3.02. The Morgan fingerprint density at radius 1 is 1.13 bits per heavy atom. The van der Waals surface area contributed by atoms with Gasteiger partial charge in [0.05, 0.1) is 5.54 Å². The quantitative estimate of drug-likeness (QED) is 0.742. The van der Waals surface area contributed by atoms with Crippen molar-refractivity contribution < 1.29 is 0 Å². The normalized spacial score (nSPS) is 31.5. The standard InChI is InChI=1S/C12H22N2S/c1-11(2)9-15-10(13-11)14-12(3)7-5-4-6-8-12/h4-9H2,1-3H3,(H,13,14). The molecule has 0 radical (unpaired) electrons. The van der Waals surface area contributed by atoms with Gasteiger partial charge in [-0.05, 0) is 33.6 Å². The first-order valence-electron chi connectivity index (χ1n) is 6.00. The summed E-state index contributed by atoms with van der Waals surface area (Å²) in [5.74, 6) is 1.14. The lowest BCUT2D eigenvalue weighted by atomic mass is 9.84. The monoisotopic (exact) mass is 226 g/mol. The Bertz CT molecular complexity index is 265. The average molecular weight is 226 g/mol. The number of hydrogen-bond acceptors (Lipinski definition) is 2. The van der Waals surface area contributed by atoms with Crippen molar-refractivity contribution in [2.75, 3.05) is 5.75 Å². The van der Waals surface area contributed by atoms with Crippen LogP contribution in [0, 0.1) is 0 Å². The molecule has 0 aromatic carbocycles. The fraction of sp³-hybridized carbons (Fsp3) is 0.917. The minimum absolute atomic E-state index is 0.216. The molecule has 2 rings (SSSR count). The van der Waals surface area contributed by atoms with E-state index in [9.17, 15) is 0 Å². The molecule has 0 aromatic rings. The van der Waals surface area contributed by atoms with Crippen molar-refractivity contribution in [1.29, 1.82) is 0 Å². The molecule has 1 saturated heterocycles. The highest BCUT2D eigenvalue weighted by molar-refractivity contribution is 8.14. The Hall–Kier alpha value is -0.180. The van der Waals surface area contributed by atoms with Crippen LogP contribution in [0.25, 0.3) is 0 Å². The molecule has 0 aromatic heterocycles. The Morgan fingerprint density at radius 3 is 2.33 bits per heavy atom. The van der Waals surface area contributed by atoms with Gasteiger partial charge in [0.25, 0.3) is 0 Å². The zero-order valence-corrected chi connectivity index (χ0v) is 10.9. The first-order chi connectivity index (χ1) is 6.99. The van der Waals surface area contributed by atoms with Crippen LogP contribution in [-0.4, -0.2) is 22.0 Å². The SMILES string of the molecule is CC1(N=C2NC(C)(C)CS2)CCCCC1. The van der Waals surface area contributed by atoms with Crippen LogP contribution in [0.4, 0.5) is 0 Å². The van der Waals surface area contributed by atoms with E-state index < -0.39 is 0 Å². The number of nitrogens with zero attached hydrogens (tertiary/aromatic N) is 1. The van der Waals surface area contributed by atoms with Crippen molar-refractivity contribution in [3.63, 3.8) is 0 Å². The van der Waals surface area contributed by atoms with Gasteiger partial charge < -0.3 is 5.32 Å². The van der Waals surface area contributed by atoms with Crippen molar-refractivity contribution in [3.8, 4) is 0 Å². The number of rotatable bonds is 1. The lowest BCUT2D eigenvalue weighted by molar-refractivity contribution is 0.324. The first kappa shape index (κ1) is 11.3. The molecule has 0 bridgehead atoms. The fourth-order valence-corrected chi connectivity index (χ4v) is 3.54. The zero-order chi connectivity index (χ0) is 10.9. The Balaban J connectivity index is 2.03. The van der Waals surface area contributed by atoms with Crippen molar-refractivity contribution in [3.05, 3.63) is 0 Å². The molecular formula is C12H22N2S. The van der Waals surface area contributed by atoms with E-state index in [4.69, 9.17) is 4.99 Å². The van der Waals surface area contributed by atoms with Gasteiger partial charge in [0.2, 0.25) is 0 Å². The second-order valence-corrected chi connectivity index (χ2v) is 6.74. The summed E-state index contributed by atoms with van der Waals surface area (Å²) in [7, 11) is 0. The summed E-state index contributed by atoms with van der Waals surface area (Å²) in [5.41, 5.74) is 0.447. The highest BCUT2D eigenvalue weighted by atomic mass is 32.2. The molecule has 3 heteroatoms. The van der Waals surface area contributed by atoms with Crippen LogP contribution < -0.4 is 5.32 Å². The molecule has 1 heterocycles. The molecule has 0 atom stereocenters. The van der Waals surface area contributed by atoms with Crippen LogP contribution in [0.2, 0.25) is 0 Å². The van der Waals surface area contributed by atoms with Gasteiger partial charge in [-0.3, -0.25) is 4.99 Å². The van der Waals surface area contributed by atoms with Crippen molar-refractivity contribution in [2.45, 2.75) is 64.0 Å². The van der Waals surface area contributed by atoms with E-state index in [0.29, 0.717) is 0 Å². The zero-order valence-electron chi connectivity index (χ0n) is 10.1. The number of amidine groups is 1. The van der Waals surface area contributed by atoms with E-state index in [1.165, 1.54) is 37.3 Å². The molecule has 1 aliphatic heterocycles. The van der Waals surface area contributed by atoms with Gasteiger partial charge in [-0.15, -0.1) is 0 Å². The molecule has 0 amide bonds. The minimum Gasteiger partial charge on any atom is -0.359 e. The van der Waals surface area contributed by atoms with Crippen molar-refractivity contribution in [2.24, 2.45) is 4.99 Å². The van der Waals surface area contributed by atoms with E-state index >= 15 is 0 Å². The molecular weight excluding hydrogens is 204 g/mol. The van der Waals surface area contributed by atoms with Crippen LogP contribution in [0.3, 0.4) is 0 Å². The van der Waals surface area contributed by atoms with Crippen LogP contribution >= 0.6 is 11.8 Å². The molecule has 0 unspecified atom stereocenters. The minimum atomic E-state index is 0.216. The maximum absolute atomic E-state index is 4.93. The number of hydrogen-bond donors (Lipinski definition) is 1. The molecule has 15 heavy (non-hydrogen) atoms. The van der Waals surface area contributed by atoms with Gasteiger partial charge in [-0.25, -0.2) is 0 Å². The van der Waals surface area contributed by atoms with Gasteiger partial charge in [-0.2, -0.15) is 0 Å². The third kappa shape index (κ3) is 2.90. The highest BCUT2D eigenvalue weighted by Crippen LogP contribution is 2.33. The summed E-state index contributed by atoms with van der Waals surface area (Å²) < 4.78 is 0. The van der Waals surface area contributed by atoms with E-state index in [1.54, 1.807) is 0 Å². The Labute approximate surface area is 97.3 Å². The maximum Gasteiger partial charge on any atom is 0.157 e. The molecule has 1 aliphatic carbocycles. The molecule has 1 saturated carbocycles. The largest absolute Gasteiger partial charge is 0.359 e. The van der Waals surface area contributed by atoms with Gasteiger partial charge in [0.1, 0.15) is 0 Å². The summed E-state index contributed by atoms with van der Waals surface area (Å²) in [4.78, 5) is 4.93. The topological polar surface area (TPSA) is 24.4 Å². The van der Waals surface area contributed by atoms with Crippen LogP contribution in [-0.2, 0) is 0 Å². The number of aliphatic imine (C=N–C) groups is 1. The number of thioether (sulfide) groups is 1. The molecule has 2 fully saturated rings. The summed E-state index contributed by atoms with van der Waals surface area (Å²) in [5, 5.41) is 4.69. The van der Waals surface area contributed by atoms with Crippen LogP contribution in [0.15, 0.2) is 4.99 Å². The maximum atomic E-state index is 4.93. The predicted molar refractivity (Wildman–Crippen MR) is 68.6 cm³/mol. The smallest absolute Gasteiger partial charge is 0.157 e. The average Bonchev–Trinajstić information content (AvgIpc) is 2.45. The Morgan fingerprint density at radius 2 is 1.80 bits per heavy atom. The molecule has 1 N–H and O–H groups in total. The van der Waals surface area contributed by atoms with E-state index in [0.717, 1.165) is 5.75 Å². The van der Waals surface area contributed by atoms with Gasteiger partial charge in [-0.1, -0.05) is 31.0 Å². The van der Waals surface area contributed by atoms with Crippen LogP contribution in [0.5, 0.6) is 0 Å². The lowest BCUT2D eigenvalue weighted by Gasteiger charge is -2.30. The molecule has 2 aliphatic rings. The fourth-order valence-electron chi connectivity index (χ4n) is 2.34. The molecule has 2 nitrogen and oxygen atoms in total. The second-order valence-electron chi connectivity index (χ2n) is 5.77. The summed E-state index contributed by atoms with van der Waals surface area (Å²) in [6, 6.07) is 0. The highest BCUT2D eigenvalue weighted by Gasteiger charge is 2.31. The molecule has 0 spiro atoms. The van der Waals surface area contributed by atoms with Gasteiger partial charge in [0, 0.05) is 11.3 Å². The predicted octanol–water partition coefficient (Wildman–Crippen LogP) is 3.18. The number of nitrogens with one attached hydrogen (secondary N) is 1. The molecule has 86 valence electrons. The second kappa shape index (κ2) is 4.00. The van der Waals surface area contributed by atoms with E-state index in [-0.39, 0.29) is 11.1 Å². The summed E-state index contributed by atoms with van der Waals surface area (Å²) >= 11 is 1.88. The first-order valence-corrected chi connectivity index (χ1v) is 6.99. The lowest BCUT2D eigenvalue weighted by Crippen LogP contribution is -2.38. The summed E-state index contributed by atoms with van der Waals surface area (Å²) in [6.45, 7) is 6.80. The van der Waals surface area contributed by atoms with E-state index in [2.05, 4.69) is 26.1 Å². The summed E-state index contributed by atoms with van der Waals surface area (Å²) in [6.07, 6.45) is 6.62. The van der Waals surface area contributed by atoms with Gasteiger partial charge in [0.15, 0.2) is 5.17 Å². The van der Waals surface area contributed by atoms with Gasteiger partial charge >= 0.3 is 0 Å². The third-order valence-electron chi connectivity index (χ3n) is 3.32.